The lowest BCUT2D eigenvalue weighted by Gasteiger charge is -2.12. The molecule has 1 aliphatic heterocycles. The summed E-state index contributed by atoms with van der Waals surface area (Å²) in [6, 6.07) is 22.7. The Balaban J connectivity index is 1.32. The van der Waals surface area contributed by atoms with Gasteiger partial charge in [-0.3, -0.25) is 9.69 Å². The molecule has 5 rings (SSSR count). The van der Waals surface area contributed by atoms with Crippen molar-refractivity contribution < 1.29 is 18.7 Å². The second kappa shape index (κ2) is 10.6. The van der Waals surface area contributed by atoms with Crippen molar-refractivity contribution in [3.8, 4) is 11.4 Å². The molecule has 6 nitrogen and oxygen atoms in total. The van der Waals surface area contributed by atoms with Gasteiger partial charge in [0.2, 0.25) is 0 Å². The Labute approximate surface area is 224 Å². The summed E-state index contributed by atoms with van der Waals surface area (Å²) in [5, 5.41) is 3.30. The number of nitrogens with one attached hydrogen (secondary N) is 1. The van der Waals surface area contributed by atoms with Crippen LogP contribution in [-0.4, -0.2) is 21.4 Å². The standard InChI is InChI=1S/C30H25ClFN3O3/c1-19-15-23(16-28-29(36)34(30(37)33-28)17-22-5-3-4-6-27(22)32)20(2)35(19)25-11-13-26(14-12-25)38-18-21-7-9-24(31)10-8-21/h3-16H,17-18H2,1-2H3,(H,33,37)/b28-16+. The number of amides is 3. The van der Waals surface area contributed by atoms with Crippen LogP contribution in [0.4, 0.5) is 9.18 Å². The lowest BCUT2D eigenvalue weighted by molar-refractivity contribution is -0.123. The summed E-state index contributed by atoms with van der Waals surface area (Å²) in [6.07, 6.45) is 1.66. The highest BCUT2D eigenvalue weighted by Gasteiger charge is 2.34. The molecule has 4 aromatic rings. The van der Waals surface area contributed by atoms with Gasteiger partial charge in [0.05, 0.1) is 6.54 Å². The molecule has 0 spiro atoms. The smallest absolute Gasteiger partial charge is 0.329 e. The Morgan fingerprint density at radius 2 is 1.68 bits per heavy atom. The van der Waals surface area contributed by atoms with Gasteiger partial charge >= 0.3 is 6.03 Å². The third-order valence-electron chi connectivity index (χ3n) is 6.43. The molecule has 1 aromatic heterocycles. The fraction of sp³-hybridized carbons (Fsp3) is 0.133. The first-order valence-electron chi connectivity index (χ1n) is 12.0. The van der Waals surface area contributed by atoms with E-state index in [-0.39, 0.29) is 17.8 Å². The number of rotatable bonds is 7. The maximum atomic E-state index is 14.1. The quantitative estimate of drug-likeness (QED) is 0.218. The second-order valence-corrected chi connectivity index (χ2v) is 9.48. The summed E-state index contributed by atoms with van der Waals surface area (Å²) < 4.78 is 22.0. The second-order valence-electron chi connectivity index (χ2n) is 9.04. The van der Waals surface area contributed by atoms with Gasteiger partial charge in [0.25, 0.3) is 5.91 Å². The number of nitrogens with zero attached hydrogens (tertiary/aromatic N) is 2. The van der Waals surface area contributed by atoms with Crippen LogP contribution in [0.5, 0.6) is 5.75 Å². The molecule has 1 N–H and O–H groups in total. The van der Waals surface area contributed by atoms with Crippen LogP contribution >= 0.6 is 11.6 Å². The van der Waals surface area contributed by atoms with E-state index in [1.165, 1.54) is 6.07 Å². The summed E-state index contributed by atoms with van der Waals surface area (Å²) in [6.45, 7) is 4.21. The highest BCUT2D eigenvalue weighted by Crippen LogP contribution is 2.26. The number of hydrogen-bond acceptors (Lipinski definition) is 3. The van der Waals surface area contributed by atoms with Crippen molar-refractivity contribution in [1.29, 1.82) is 0 Å². The minimum absolute atomic E-state index is 0.139. The monoisotopic (exact) mass is 529 g/mol. The highest BCUT2D eigenvalue weighted by molar-refractivity contribution is 6.30. The van der Waals surface area contributed by atoms with Crippen molar-refractivity contribution >= 4 is 29.6 Å². The molecule has 8 heteroatoms. The predicted molar refractivity (Wildman–Crippen MR) is 144 cm³/mol. The molecule has 192 valence electrons. The number of hydrogen-bond donors (Lipinski definition) is 1. The van der Waals surface area contributed by atoms with Crippen LogP contribution in [-0.2, 0) is 17.9 Å². The fourth-order valence-corrected chi connectivity index (χ4v) is 4.56. The Hall–Kier alpha value is -4.36. The molecule has 3 aromatic carbocycles. The zero-order valence-corrected chi connectivity index (χ0v) is 21.6. The normalized spacial score (nSPS) is 14.3. The van der Waals surface area contributed by atoms with Crippen LogP contribution in [0.3, 0.4) is 0 Å². The third-order valence-corrected chi connectivity index (χ3v) is 6.68. The van der Waals surface area contributed by atoms with Gasteiger partial charge in [-0.05, 0) is 79.6 Å². The number of halogens is 2. The van der Waals surface area contributed by atoms with Crippen molar-refractivity contribution in [2.45, 2.75) is 27.0 Å². The van der Waals surface area contributed by atoms with Crippen LogP contribution in [0.25, 0.3) is 11.8 Å². The minimum Gasteiger partial charge on any atom is -0.489 e. The highest BCUT2D eigenvalue weighted by atomic mass is 35.5. The summed E-state index contributed by atoms with van der Waals surface area (Å²) in [4.78, 5) is 26.4. The maximum absolute atomic E-state index is 14.1. The molecule has 0 radical (unpaired) electrons. The fourth-order valence-electron chi connectivity index (χ4n) is 4.44. The first-order chi connectivity index (χ1) is 18.3. The van der Waals surface area contributed by atoms with Crippen molar-refractivity contribution in [1.82, 2.24) is 14.8 Å². The molecule has 38 heavy (non-hydrogen) atoms. The number of benzene rings is 3. The first kappa shape index (κ1) is 25.3. The van der Waals surface area contributed by atoms with Crippen molar-refractivity contribution in [2.75, 3.05) is 0 Å². The van der Waals surface area contributed by atoms with Gasteiger partial charge in [-0.2, -0.15) is 0 Å². The van der Waals surface area contributed by atoms with E-state index in [4.69, 9.17) is 16.3 Å². The van der Waals surface area contributed by atoms with Crippen LogP contribution in [0, 0.1) is 19.7 Å². The molecule has 1 saturated heterocycles. The Morgan fingerprint density at radius 3 is 2.39 bits per heavy atom. The predicted octanol–water partition coefficient (Wildman–Crippen LogP) is 6.56. The topological polar surface area (TPSA) is 63.6 Å². The van der Waals surface area contributed by atoms with Crippen molar-refractivity contribution in [2.24, 2.45) is 0 Å². The zero-order valence-electron chi connectivity index (χ0n) is 20.9. The number of ether oxygens (including phenoxy) is 1. The van der Waals surface area contributed by atoms with Crippen LogP contribution < -0.4 is 10.1 Å². The van der Waals surface area contributed by atoms with Gasteiger partial charge in [-0.1, -0.05) is 41.9 Å². The van der Waals surface area contributed by atoms with E-state index < -0.39 is 17.8 Å². The van der Waals surface area contributed by atoms with Gasteiger partial charge in [-0.25, -0.2) is 9.18 Å². The van der Waals surface area contributed by atoms with Gasteiger partial charge in [0.15, 0.2) is 0 Å². The molecule has 3 amide bonds. The van der Waals surface area contributed by atoms with E-state index in [1.807, 2.05) is 68.4 Å². The zero-order chi connectivity index (χ0) is 26.8. The number of imide groups is 1. The molecule has 1 aliphatic rings. The Morgan fingerprint density at radius 1 is 0.974 bits per heavy atom. The maximum Gasteiger partial charge on any atom is 0.329 e. The van der Waals surface area contributed by atoms with E-state index in [1.54, 1.807) is 24.3 Å². The van der Waals surface area contributed by atoms with E-state index in [9.17, 15) is 14.0 Å². The molecule has 0 aliphatic carbocycles. The summed E-state index contributed by atoms with van der Waals surface area (Å²) in [5.41, 5.74) is 5.04. The Kier molecular flexibility index (Phi) is 7.03. The van der Waals surface area contributed by atoms with Crippen molar-refractivity contribution in [3.05, 3.63) is 123 Å². The summed E-state index contributed by atoms with van der Waals surface area (Å²) in [5.74, 6) is -0.219. The average Bonchev–Trinajstić information content (AvgIpc) is 3.34. The molecule has 0 bridgehead atoms. The SMILES string of the molecule is Cc1cc(/C=C2/NC(=O)N(Cc3ccccc3F)C2=O)c(C)n1-c1ccc(OCc2ccc(Cl)cc2)cc1. The molecule has 1 fully saturated rings. The first-order valence-corrected chi connectivity index (χ1v) is 12.4. The van der Waals surface area contributed by atoms with Gasteiger partial charge in [-0.15, -0.1) is 0 Å². The molecular weight excluding hydrogens is 505 g/mol. The lowest BCUT2D eigenvalue weighted by Crippen LogP contribution is -2.30. The number of aryl methyl sites for hydroxylation is 1. The largest absolute Gasteiger partial charge is 0.489 e. The lowest BCUT2D eigenvalue weighted by atomic mass is 10.2. The van der Waals surface area contributed by atoms with E-state index >= 15 is 0 Å². The number of urea groups is 1. The number of carbonyl (C=O) groups is 2. The van der Waals surface area contributed by atoms with Crippen LogP contribution in [0.2, 0.25) is 5.02 Å². The van der Waals surface area contributed by atoms with Crippen molar-refractivity contribution in [3.63, 3.8) is 0 Å². The van der Waals surface area contributed by atoms with E-state index in [0.717, 1.165) is 38.9 Å². The van der Waals surface area contributed by atoms with E-state index in [2.05, 4.69) is 9.88 Å². The Bertz CT molecular complexity index is 1540. The molecule has 0 atom stereocenters. The van der Waals surface area contributed by atoms with Crippen LogP contribution in [0.15, 0.2) is 84.6 Å². The molecule has 2 heterocycles. The minimum atomic E-state index is -0.576. The molecule has 0 unspecified atom stereocenters. The van der Waals surface area contributed by atoms with Gasteiger partial charge in [0, 0.05) is 27.7 Å². The van der Waals surface area contributed by atoms with E-state index in [0.29, 0.717) is 11.6 Å². The number of aromatic nitrogens is 1. The summed E-state index contributed by atoms with van der Waals surface area (Å²) in [7, 11) is 0. The number of carbonyl (C=O) groups excluding carboxylic acids is 2. The third kappa shape index (κ3) is 5.19. The summed E-state index contributed by atoms with van der Waals surface area (Å²) >= 11 is 5.94. The molecular formula is C30H25ClFN3O3. The van der Waals surface area contributed by atoms with Crippen LogP contribution in [0.1, 0.15) is 28.1 Å². The van der Waals surface area contributed by atoms with Gasteiger partial charge in [0.1, 0.15) is 23.9 Å². The van der Waals surface area contributed by atoms with Gasteiger partial charge < -0.3 is 14.6 Å². The molecule has 0 saturated carbocycles. The average molecular weight is 530 g/mol.